The van der Waals surface area contributed by atoms with E-state index in [-0.39, 0.29) is 24.1 Å². The fourth-order valence-electron chi connectivity index (χ4n) is 3.10. The summed E-state index contributed by atoms with van der Waals surface area (Å²) in [6, 6.07) is 7.33. The van der Waals surface area contributed by atoms with Gasteiger partial charge in [0.15, 0.2) is 0 Å². The van der Waals surface area contributed by atoms with Gasteiger partial charge in [-0.2, -0.15) is 4.98 Å². The molecule has 0 aliphatic carbocycles. The van der Waals surface area contributed by atoms with Crippen LogP contribution in [0.15, 0.2) is 28.8 Å². The Morgan fingerprint density at radius 1 is 1.38 bits per heavy atom. The predicted octanol–water partition coefficient (Wildman–Crippen LogP) is 2.63. The molecule has 1 amide bonds. The minimum atomic E-state index is -0.162. The van der Waals surface area contributed by atoms with Crippen molar-refractivity contribution in [2.45, 2.75) is 19.3 Å². The van der Waals surface area contributed by atoms with Crippen molar-refractivity contribution >= 4 is 18.3 Å². The molecule has 1 aliphatic rings. The zero-order chi connectivity index (χ0) is 17.6. The Labute approximate surface area is 159 Å². The number of likely N-dealkylation sites (tertiary alicyclic amines) is 1. The van der Waals surface area contributed by atoms with E-state index in [1.54, 1.807) is 13.2 Å². The fraction of sp³-hybridized carbons (Fsp3) is 0.500. The van der Waals surface area contributed by atoms with Gasteiger partial charge in [-0.25, -0.2) is 0 Å². The van der Waals surface area contributed by atoms with Crippen LogP contribution >= 0.6 is 12.4 Å². The summed E-state index contributed by atoms with van der Waals surface area (Å²) < 4.78 is 10.5. The lowest BCUT2D eigenvalue weighted by Crippen LogP contribution is -2.39. The molecule has 7 nitrogen and oxygen atoms in total. The van der Waals surface area contributed by atoms with Crippen LogP contribution in [0.4, 0.5) is 0 Å². The molecular weight excluding hydrogens is 356 g/mol. The Hall–Kier alpha value is -2.12. The number of rotatable bonds is 6. The molecule has 1 aromatic heterocycles. The lowest BCUT2D eigenvalue weighted by atomic mass is 9.93. The standard InChI is InChI=1S/C18H24N4O3.ClH/c1-19-9-6-13-7-10-22(11-8-13)18(23)16-20-17(25-21-16)14-4-3-5-15(12-14)24-2;/h3-5,12-13,19H,6-11H2,1-2H3;1H. The first-order valence-electron chi connectivity index (χ1n) is 8.63. The third-order valence-electron chi connectivity index (χ3n) is 4.64. The average molecular weight is 381 g/mol. The van der Waals surface area contributed by atoms with Gasteiger partial charge in [-0.3, -0.25) is 4.79 Å². The van der Waals surface area contributed by atoms with Crippen LogP contribution in [0.1, 0.15) is 29.9 Å². The van der Waals surface area contributed by atoms with Crippen molar-refractivity contribution in [2.75, 3.05) is 33.8 Å². The molecule has 3 rings (SSSR count). The maximum absolute atomic E-state index is 12.6. The number of carbonyl (C=O) groups excluding carboxylic acids is 1. The molecule has 2 aromatic rings. The van der Waals surface area contributed by atoms with Gasteiger partial charge in [0.1, 0.15) is 5.75 Å². The summed E-state index contributed by atoms with van der Waals surface area (Å²) in [5, 5.41) is 7.04. The highest BCUT2D eigenvalue weighted by Gasteiger charge is 2.26. The highest BCUT2D eigenvalue weighted by molar-refractivity contribution is 5.90. The van der Waals surface area contributed by atoms with E-state index in [4.69, 9.17) is 9.26 Å². The minimum absolute atomic E-state index is 0. The number of ether oxygens (including phenoxy) is 1. The topological polar surface area (TPSA) is 80.5 Å². The quantitative estimate of drug-likeness (QED) is 0.829. The van der Waals surface area contributed by atoms with E-state index in [0.717, 1.165) is 44.5 Å². The summed E-state index contributed by atoms with van der Waals surface area (Å²) >= 11 is 0. The molecule has 0 unspecified atom stereocenters. The Morgan fingerprint density at radius 3 is 2.85 bits per heavy atom. The highest BCUT2D eigenvalue weighted by Crippen LogP contribution is 2.24. The van der Waals surface area contributed by atoms with Crippen LogP contribution in [0.5, 0.6) is 5.75 Å². The van der Waals surface area contributed by atoms with E-state index >= 15 is 0 Å². The van der Waals surface area contributed by atoms with E-state index in [0.29, 0.717) is 17.6 Å². The van der Waals surface area contributed by atoms with Gasteiger partial charge in [-0.05, 0) is 57.0 Å². The van der Waals surface area contributed by atoms with Crippen molar-refractivity contribution in [3.63, 3.8) is 0 Å². The summed E-state index contributed by atoms with van der Waals surface area (Å²) in [5.74, 6) is 1.66. The molecule has 1 fully saturated rings. The zero-order valence-electron chi connectivity index (χ0n) is 15.1. The van der Waals surface area contributed by atoms with Gasteiger partial charge in [0, 0.05) is 18.7 Å². The molecule has 0 bridgehead atoms. The largest absolute Gasteiger partial charge is 0.497 e. The number of amides is 1. The normalized spacial score (nSPS) is 14.8. The van der Waals surface area contributed by atoms with Crippen molar-refractivity contribution < 1.29 is 14.1 Å². The minimum Gasteiger partial charge on any atom is -0.497 e. The summed E-state index contributed by atoms with van der Waals surface area (Å²) in [6.45, 7) is 2.51. The van der Waals surface area contributed by atoms with Gasteiger partial charge in [-0.1, -0.05) is 11.2 Å². The van der Waals surface area contributed by atoms with Gasteiger partial charge in [0.25, 0.3) is 17.6 Å². The Bertz CT molecular complexity index is 714. The Balaban J connectivity index is 0.00000243. The molecule has 1 N–H and O–H groups in total. The second-order valence-electron chi connectivity index (χ2n) is 6.28. The van der Waals surface area contributed by atoms with E-state index in [1.807, 2.05) is 30.1 Å². The summed E-state index contributed by atoms with van der Waals surface area (Å²) in [5.41, 5.74) is 0.733. The SMILES string of the molecule is CNCCC1CCN(C(=O)c2noc(-c3cccc(OC)c3)n2)CC1.Cl. The number of nitrogens with zero attached hydrogens (tertiary/aromatic N) is 3. The molecule has 26 heavy (non-hydrogen) atoms. The third-order valence-corrected chi connectivity index (χ3v) is 4.64. The number of piperidine rings is 1. The van der Waals surface area contributed by atoms with E-state index < -0.39 is 0 Å². The number of nitrogens with one attached hydrogen (secondary N) is 1. The number of benzene rings is 1. The van der Waals surface area contributed by atoms with Crippen molar-refractivity contribution in [1.29, 1.82) is 0 Å². The average Bonchev–Trinajstić information content (AvgIpc) is 3.16. The van der Waals surface area contributed by atoms with Gasteiger partial charge >= 0.3 is 0 Å². The van der Waals surface area contributed by atoms with E-state index in [1.165, 1.54) is 0 Å². The van der Waals surface area contributed by atoms with Crippen LogP contribution in [0.2, 0.25) is 0 Å². The maximum atomic E-state index is 12.6. The molecule has 0 radical (unpaired) electrons. The maximum Gasteiger partial charge on any atom is 0.295 e. The molecule has 0 spiro atoms. The van der Waals surface area contributed by atoms with Crippen LogP contribution in [0.25, 0.3) is 11.5 Å². The predicted molar refractivity (Wildman–Crippen MR) is 101 cm³/mol. The van der Waals surface area contributed by atoms with Crippen molar-refractivity contribution in [3.8, 4) is 17.2 Å². The van der Waals surface area contributed by atoms with Gasteiger partial charge in [0.2, 0.25) is 0 Å². The van der Waals surface area contributed by atoms with Gasteiger partial charge in [-0.15, -0.1) is 12.4 Å². The lowest BCUT2D eigenvalue weighted by Gasteiger charge is -2.31. The number of aromatic nitrogens is 2. The smallest absolute Gasteiger partial charge is 0.295 e. The highest BCUT2D eigenvalue weighted by atomic mass is 35.5. The van der Waals surface area contributed by atoms with Gasteiger partial charge < -0.3 is 19.5 Å². The number of carbonyl (C=O) groups is 1. The van der Waals surface area contributed by atoms with Crippen LogP contribution in [-0.4, -0.2) is 54.7 Å². The molecule has 1 aliphatic heterocycles. The van der Waals surface area contributed by atoms with Crippen molar-refractivity contribution in [1.82, 2.24) is 20.4 Å². The zero-order valence-corrected chi connectivity index (χ0v) is 15.9. The number of methoxy groups -OCH3 is 1. The molecule has 142 valence electrons. The molecule has 1 saturated heterocycles. The van der Waals surface area contributed by atoms with Crippen LogP contribution in [0, 0.1) is 5.92 Å². The van der Waals surface area contributed by atoms with Crippen molar-refractivity contribution in [2.24, 2.45) is 5.92 Å². The molecule has 0 saturated carbocycles. The molecular formula is C18H25ClN4O3. The lowest BCUT2D eigenvalue weighted by molar-refractivity contribution is 0.0671. The molecule has 2 heterocycles. The third kappa shape index (κ3) is 4.74. The second kappa shape index (κ2) is 9.54. The molecule has 8 heteroatoms. The Kier molecular flexibility index (Phi) is 7.41. The number of hydrogen-bond donors (Lipinski definition) is 1. The van der Waals surface area contributed by atoms with E-state index in [9.17, 15) is 4.79 Å². The first-order valence-corrected chi connectivity index (χ1v) is 8.63. The van der Waals surface area contributed by atoms with Crippen LogP contribution < -0.4 is 10.1 Å². The van der Waals surface area contributed by atoms with Gasteiger partial charge in [0.05, 0.1) is 7.11 Å². The van der Waals surface area contributed by atoms with Crippen molar-refractivity contribution in [3.05, 3.63) is 30.1 Å². The summed E-state index contributed by atoms with van der Waals surface area (Å²) in [4.78, 5) is 18.7. The fourth-order valence-corrected chi connectivity index (χ4v) is 3.10. The monoisotopic (exact) mass is 380 g/mol. The molecule has 0 atom stereocenters. The molecule has 1 aromatic carbocycles. The first-order chi connectivity index (χ1) is 12.2. The van der Waals surface area contributed by atoms with Crippen LogP contribution in [-0.2, 0) is 0 Å². The Morgan fingerprint density at radius 2 is 2.15 bits per heavy atom. The summed E-state index contributed by atoms with van der Waals surface area (Å²) in [6.07, 6.45) is 3.20. The first kappa shape index (κ1) is 20.2. The van der Waals surface area contributed by atoms with E-state index in [2.05, 4.69) is 15.5 Å². The number of hydrogen-bond acceptors (Lipinski definition) is 6. The second-order valence-corrected chi connectivity index (χ2v) is 6.28. The van der Waals surface area contributed by atoms with Crippen LogP contribution in [0.3, 0.4) is 0 Å². The summed E-state index contributed by atoms with van der Waals surface area (Å²) in [7, 11) is 3.57. The number of halogens is 1.